The molecule has 0 aromatic carbocycles. The van der Waals surface area contributed by atoms with E-state index in [1.54, 1.807) is 6.92 Å². The van der Waals surface area contributed by atoms with E-state index in [-0.39, 0.29) is 11.7 Å². The number of alkyl halides is 1. The van der Waals surface area contributed by atoms with E-state index < -0.39 is 16.1 Å². The minimum Gasteiger partial charge on any atom is -0.481 e. The van der Waals surface area contributed by atoms with Gasteiger partial charge < -0.3 is 9.84 Å². The maximum Gasteiger partial charge on any atom is 0.305 e. The summed E-state index contributed by atoms with van der Waals surface area (Å²) in [6.45, 7) is 2.10. The van der Waals surface area contributed by atoms with Crippen LogP contribution in [-0.4, -0.2) is 47.7 Å². The van der Waals surface area contributed by atoms with E-state index in [1.807, 2.05) is 0 Å². The minimum atomic E-state index is -3.85. The fraction of sp³-hybridized carbons (Fsp3) is 0.857. The molecule has 0 radical (unpaired) electrons. The van der Waals surface area contributed by atoms with Gasteiger partial charge in [-0.05, 0) is 32.6 Å². The fourth-order valence-electron chi connectivity index (χ4n) is 1.51. The number of rotatable bonds is 12. The van der Waals surface area contributed by atoms with Crippen LogP contribution in [0.25, 0.3) is 0 Å². The molecule has 0 aliphatic heterocycles. The van der Waals surface area contributed by atoms with Crippen molar-refractivity contribution in [2.75, 3.05) is 17.7 Å². The molecule has 0 spiro atoms. The number of carboxylic acids is 1. The summed E-state index contributed by atoms with van der Waals surface area (Å²) in [4.78, 5) is 20.8. The van der Waals surface area contributed by atoms with Gasteiger partial charge in [-0.25, -0.2) is 0 Å². The molecule has 0 amide bonds. The zero-order valence-electron chi connectivity index (χ0n) is 13.5. The maximum absolute atomic E-state index is 10.8. The Balaban J connectivity index is 0. The third-order valence-corrected chi connectivity index (χ3v) is 3.98. The van der Waals surface area contributed by atoms with Crippen LogP contribution in [0.1, 0.15) is 58.3 Å². The smallest absolute Gasteiger partial charge is 0.305 e. The molecule has 138 valence electrons. The molecule has 0 aliphatic carbocycles. The number of halogens is 1. The van der Waals surface area contributed by atoms with Gasteiger partial charge in [-0.15, -0.1) is 0 Å². The van der Waals surface area contributed by atoms with Gasteiger partial charge in [0.25, 0.3) is 10.1 Å². The fourth-order valence-corrected chi connectivity index (χ4v) is 2.48. The van der Waals surface area contributed by atoms with Crippen LogP contribution in [0.4, 0.5) is 0 Å². The number of hydrogen-bond donors (Lipinski definition) is 2. The number of unbranched alkanes of at least 4 members (excludes halogenated alkanes) is 4. The van der Waals surface area contributed by atoms with E-state index in [1.165, 1.54) is 0 Å². The van der Waals surface area contributed by atoms with Gasteiger partial charge in [0.15, 0.2) is 0 Å². The normalized spacial score (nSPS) is 10.6. The van der Waals surface area contributed by atoms with Crippen LogP contribution in [0.15, 0.2) is 0 Å². The first-order chi connectivity index (χ1) is 10.7. The number of ether oxygens (including phenoxy) is 1. The summed E-state index contributed by atoms with van der Waals surface area (Å²) in [5.41, 5.74) is 0. The zero-order chi connectivity index (χ0) is 18.1. The predicted molar refractivity (Wildman–Crippen MR) is 91.4 cm³/mol. The van der Waals surface area contributed by atoms with Crippen LogP contribution < -0.4 is 0 Å². The van der Waals surface area contributed by atoms with Gasteiger partial charge in [-0.1, -0.05) is 28.8 Å². The number of carbonyl (C=O) groups excluding carboxylic acids is 1. The molecule has 0 fully saturated rings. The second-order valence-corrected chi connectivity index (χ2v) is 7.16. The summed E-state index contributed by atoms with van der Waals surface area (Å²) in [7, 11) is -3.85. The molecule has 0 rings (SSSR count). The van der Waals surface area contributed by atoms with Gasteiger partial charge in [0.1, 0.15) is 0 Å². The lowest BCUT2D eigenvalue weighted by atomic mass is 10.2. The van der Waals surface area contributed by atoms with Crippen molar-refractivity contribution in [2.45, 2.75) is 58.3 Å². The molecule has 2 N–H and O–H groups in total. The van der Waals surface area contributed by atoms with Gasteiger partial charge in [0, 0.05) is 18.2 Å². The summed E-state index contributed by atoms with van der Waals surface area (Å²) < 4.78 is 33.7. The first kappa shape index (κ1) is 24.6. The van der Waals surface area contributed by atoms with Crippen molar-refractivity contribution < 1.29 is 32.4 Å². The molecule has 0 aromatic rings. The van der Waals surface area contributed by atoms with Gasteiger partial charge in [0.2, 0.25) is 0 Å². The summed E-state index contributed by atoms with van der Waals surface area (Å²) in [6, 6.07) is 0. The molecule has 0 atom stereocenters. The standard InChI is InChI=1S/C8H16O5S.C6H11BrO2/c1-2-13-8(9)6-4-3-5-7-14(10,11)12;7-5-3-1-2-4-6(8)9/h2-7H2,1H3,(H,10,11,12);1-5H2,(H,8,9). The van der Waals surface area contributed by atoms with Crippen molar-refractivity contribution in [3.8, 4) is 0 Å². The van der Waals surface area contributed by atoms with E-state index >= 15 is 0 Å². The number of carboxylic acid groups (broad SMARTS) is 1. The average molecular weight is 419 g/mol. The topological polar surface area (TPSA) is 118 Å². The molecule has 0 bridgehead atoms. The molecule has 0 heterocycles. The van der Waals surface area contributed by atoms with Crippen molar-refractivity contribution in [1.29, 1.82) is 0 Å². The first-order valence-corrected chi connectivity index (χ1v) is 10.3. The van der Waals surface area contributed by atoms with Crippen LogP contribution in [0, 0.1) is 0 Å². The highest BCUT2D eigenvalue weighted by molar-refractivity contribution is 9.09. The van der Waals surface area contributed by atoms with Gasteiger partial charge in [0.05, 0.1) is 12.4 Å². The predicted octanol–water partition coefficient (Wildman–Crippen LogP) is 3.02. The van der Waals surface area contributed by atoms with Crippen molar-refractivity contribution >= 4 is 38.0 Å². The molecule has 0 aliphatic rings. The number of aliphatic carboxylic acids is 1. The van der Waals surface area contributed by atoms with Crippen LogP contribution in [0.2, 0.25) is 0 Å². The zero-order valence-corrected chi connectivity index (χ0v) is 15.9. The Morgan fingerprint density at radius 3 is 2.04 bits per heavy atom. The van der Waals surface area contributed by atoms with E-state index in [0.29, 0.717) is 38.7 Å². The van der Waals surface area contributed by atoms with Crippen molar-refractivity contribution in [1.82, 2.24) is 0 Å². The molecule has 7 nitrogen and oxygen atoms in total. The quantitative estimate of drug-likeness (QED) is 0.216. The number of hydrogen-bond acceptors (Lipinski definition) is 5. The number of esters is 1. The lowest BCUT2D eigenvalue weighted by Gasteiger charge is -2.00. The molecule has 0 saturated heterocycles. The second kappa shape index (κ2) is 16.2. The Bertz CT molecular complexity index is 409. The van der Waals surface area contributed by atoms with E-state index in [0.717, 1.165) is 24.6 Å². The Morgan fingerprint density at radius 1 is 1.00 bits per heavy atom. The second-order valence-electron chi connectivity index (χ2n) is 4.80. The Morgan fingerprint density at radius 2 is 1.57 bits per heavy atom. The monoisotopic (exact) mass is 418 g/mol. The highest BCUT2D eigenvalue weighted by atomic mass is 79.9. The molecule has 0 unspecified atom stereocenters. The summed E-state index contributed by atoms with van der Waals surface area (Å²) in [5.74, 6) is -1.19. The Kier molecular flexibility index (Phi) is 17.3. The van der Waals surface area contributed by atoms with E-state index in [2.05, 4.69) is 20.7 Å². The molecule has 9 heteroatoms. The van der Waals surface area contributed by atoms with Crippen LogP contribution in [0.3, 0.4) is 0 Å². The summed E-state index contributed by atoms with van der Waals surface area (Å²) in [5, 5.41) is 9.18. The third kappa shape index (κ3) is 26.5. The van der Waals surface area contributed by atoms with Gasteiger partial charge >= 0.3 is 11.9 Å². The Labute approximate surface area is 146 Å². The highest BCUT2D eigenvalue weighted by Crippen LogP contribution is 2.03. The number of carbonyl (C=O) groups is 2. The van der Waals surface area contributed by atoms with Gasteiger partial charge in [-0.2, -0.15) is 8.42 Å². The molecular weight excluding hydrogens is 392 g/mol. The lowest BCUT2D eigenvalue weighted by molar-refractivity contribution is -0.143. The van der Waals surface area contributed by atoms with Crippen LogP contribution in [0.5, 0.6) is 0 Å². The largest absolute Gasteiger partial charge is 0.481 e. The molecule has 0 saturated carbocycles. The summed E-state index contributed by atoms with van der Waals surface area (Å²) >= 11 is 3.27. The van der Waals surface area contributed by atoms with Crippen molar-refractivity contribution in [2.24, 2.45) is 0 Å². The van der Waals surface area contributed by atoms with Crippen molar-refractivity contribution in [3.05, 3.63) is 0 Å². The average Bonchev–Trinajstić information content (AvgIpc) is 2.43. The third-order valence-electron chi connectivity index (χ3n) is 2.61. The summed E-state index contributed by atoms with van der Waals surface area (Å²) in [6.07, 6.45) is 5.07. The molecular formula is C14H27BrO7S. The lowest BCUT2D eigenvalue weighted by Crippen LogP contribution is -2.05. The Hall–Kier alpha value is -0.670. The van der Waals surface area contributed by atoms with Gasteiger partial charge in [-0.3, -0.25) is 14.1 Å². The SMILES string of the molecule is CCOC(=O)CCCCCS(=O)(=O)O.O=C(O)CCCCCBr. The van der Waals surface area contributed by atoms with E-state index in [9.17, 15) is 18.0 Å². The minimum absolute atomic E-state index is 0.240. The maximum atomic E-state index is 10.8. The van der Waals surface area contributed by atoms with Crippen LogP contribution in [-0.2, 0) is 24.4 Å². The first-order valence-electron chi connectivity index (χ1n) is 7.61. The molecule has 0 aromatic heterocycles. The van der Waals surface area contributed by atoms with E-state index in [4.69, 9.17) is 9.66 Å². The van der Waals surface area contributed by atoms with Crippen LogP contribution >= 0.6 is 15.9 Å². The van der Waals surface area contributed by atoms with Crippen molar-refractivity contribution in [3.63, 3.8) is 0 Å². The molecule has 23 heavy (non-hydrogen) atoms. The highest BCUT2D eigenvalue weighted by Gasteiger charge is 2.05.